The molecule has 0 bridgehead atoms. The number of nitrogen functional groups attached to an aromatic ring is 1. The minimum atomic E-state index is -0.0988. The molecular weight excluding hydrogens is 278 g/mol. The minimum Gasteiger partial charge on any atom is -0.397 e. The highest BCUT2D eigenvalue weighted by molar-refractivity contribution is 8.00. The van der Waals surface area contributed by atoms with Gasteiger partial charge in [-0.2, -0.15) is 11.8 Å². The number of carbonyl (C=O) groups is 1. The third-order valence-corrected chi connectivity index (χ3v) is 5.91. The number of amides is 1. The second kappa shape index (κ2) is 5.63. The van der Waals surface area contributed by atoms with Crippen LogP contribution in [0.4, 0.5) is 10.7 Å². The van der Waals surface area contributed by atoms with Crippen molar-refractivity contribution in [2.75, 3.05) is 36.5 Å². The lowest BCUT2D eigenvalue weighted by atomic mass is 10.1. The van der Waals surface area contributed by atoms with Gasteiger partial charge in [0.2, 0.25) is 0 Å². The van der Waals surface area contributed by atoms with Gasteiger partial charge in [-0.25, -0.2) is 0 Å². The van der Waals surface area contributed by atoms with Crippen molar-refractivity contribution in [3.05, 3.63) is 10.9 Å². The van der Waals surface area contributed by atoms with Gasteiger partial charge in [-0.3, -0.25) is 4.79 Å². The molecular formula is C13H21N3OS2. The lowest BCUT2D eigenvalue weighted by Crippen LogP contribution is -2.26. The van der Waals surface area contributed by atoms with Crippen molar-refractivity contribution in [3.63, 3.8) is 0 Å². The fourth-order valence-electron chi connectivity index (χ4n) is 2.08. The summed E-state index contributed by atoms with van der Waals surface area (Å²) in [6.07, 6.45) is 1.14. The molecule has 6 heteroatoms. The van der Waals surface area contributed by atoms with Gasteiger partial charge in [0.05, 0.1) is 10.7 Å². The molecule has 2 heterocycles. The molecule has 1 aromatic rings. The van der Waals surface area contributed by atoms with Crippen LogP contribution in [-0.2, 0) is 0 Å². The Hall–Kier alpha value is -0.880. The smallest absolute Gasteiger partial charge is 0.263 e. The van der Waals surface area contributed by atoms with E-state index in [1.807, 2.05) is 17.8 Å². The van der Waals surface area contributed by atoms with Crippen LogP contribution in [0.3, 0.4) is 0 Å². The number of nitrogens with zero attached hydrogens (tertiary/aromatic N) is 1. The molecule has 3 N–H and O–H groups in total. The first-order valence-corrected chi connectivity index (χ1v) is 8.23. The van der Waals surface area contributed by atoms with Crippen LogP contribution in [-0.4, -0.2) is 36.5 Å². The summed E-state index contributed by atoms with van der Waals surface area (Å²) in [4.78, 5) is 14.7. The third kappa shape index (κ3) is 3.36. The van der Waals surface area contributed by atoms with E-state index in [4.69, 9.17) is 5.73 Å². The Bertz CT molecular complexity index is 470. The van der Waals surface area contributed by atoms with E-state index in [9.17, 15) is 4.79 Å². The fourth-order valence-corrected chi connectivity index (χ4v) is 4.26. The number of carbonyl (C=O) groups excluding carboxylic acids is 1. The zero-order valence-electron chi connectivity index (χ0n) is 11.7. The SMILES string of the molecule is CNC(=O)c1sc(N2CCSC(C)(C)CC2)cc1N. The molecule has 0 atom stereocenters. The molecule has 1 aromatic heterocycles. The number of hydrogen-bond donors (Lipinski definition) is 2. The monoisotopic (exact) mass is 299 g/mol. The van der Waals surface area contributed by atoms with Crippen molar-refractivity contribution < 1.29 is 4.79 Å². The Morgan fingerprint density at radius 1 is 1.47 bits per heavy atom. The van der Waals surface area contributed by atoms with Crippen molar-refractivity contribution in [2.45, 2.75) is 25.0 Å². The highest BCUT2D eigenvalue weighted by Gasteiger charge is 2.25. The van der Waals surface area contributed by atoms with Crippen LogP contribution in [0.2, 0.25) is 0 Å². The molecule has 1 fully saturated rings. The largest absolute Gasteiger partial charge is 0.397 e. The lowest BCUT2D eigenvalue weighted by molar-refractivity contribution is 0.0968. The Labute approximate surface area is 122 Å². The molecule has 19 heavy (non-hydrogen) atoms. The molecule has 0 aromatic carbocycles. The number of nitrogens with one attached hydrogen (secondary N) is 1. The number of thioether (sulfide) groups is 1. The summed E-state index contributed by atoms with van der Waals surface area (Å²) in [7, 11) is 1.63. The second-order valence-electron chi connectivity index (χ2n) is 5.29. The summed E-state index contributed by atoms with van der Waals surface area (Å²) in [5.41, 5.74) is 6.51. The normalized spacial score (nSPS) is 19.0. The Balaban J connectivity index is 2.16. The average Bonchev–Trinajstić information content (AvgIpc) is 2.64. The van der Waals surface area contributed by atoms with E-state index in [0.29, 0.717) is 15.3 Å². The van der Waals surface area contributed by atoms with Crippen molar-refractivity contribution in [2.24, 2.45) is 0 Å². The van der Waals surface area contributed by atoms with Gasteiger partial charge < -0.3 is 16.0 Å². The Kier molecular flexibility index (Phi) is 4.30. The summed E-state index contributed by atoms with van der Waals surface area (Å²) in [5.74, 6) is 1.01. The molecule has 1 saturated heterocycles. The number of hydrogen-bond acceptors (Lipinski definition) is 5. The van der Waals surface area contributed by atoms with E-state index >= 15 is 0 Å². The quantitative estimate of drug-likeness (QED) is 0.880. The second-order valence-corrected chi connectivity index (χ2v) is 8.13. The first kappa shape index (κ1) is 14.5. The van der Waals surface area contributed by atoms with E-state index in [-0.39, 0.29) is 5.91 Å². The van der Waals surface area contributed by atoms with Crippen LogP contribution >= 0.6 is 23.1 Å². The molecule has 106 valence electrons. The molecule has 1 amide bonds. The van der Waals surface area contributed by atoms with Gasteiger partial charge in [0.25, 0.3) is 5.91 Å². The van der Waals surface area contributed by atoms with Crippen molar-refractivity contribution in [1.29, 1.82) is 0 Å². The summed E-state index contributed by atoms with van der Waals surface area (Å²) in [6.45, 7) is 6.62. The van der Waals surface area contributed by atoms with Gasteiger partial charge in [0.15, 0.2) is 0 Å². The number of thiophene rings is 1. The molecule has 4 nitrogen and oxygen atoms in total. The zero-order chi connectivity index (χ0) is 14.0. The molecule has 1 aliphatic rings. The summed E-state index contributed by atoms with van der Waals surface area (Å²) in [5, 5.41) is 3.74. The van der Waals surface area contributed by atoms with Gasteiger partial charge in [-0.15, -0.1) is 11.3 Å². The van der Waals surface area contributed by atoms with Crippen LogP contribution < -0.4 is 16.0 Å². The van der Waals surface area contributed by atoms with E-state index in [2.05, 4.69) is 24.1 Å². The van der Waals surface area contributed by atoms with Crippen LogP contribution in [0.5, 0.6) is 0 Å². The maximum atomic E-state index is 11.7. The average molecular weight is 299 g/mol. The Morgan fingerprint density at radius 2 is 2.21 bits per heavy atom. The molecule has 0 unspecified atom stereocenters. The van der Waals surface area contributed by atoms with E-state index in [1.54, 1.807) is 7.05 Å². The van der Waals surface area contributed by atoms with Crippen LogP contribution in [0.25, 0.3) is 0 Å². The zero-order valence-corrected chi connectivity index (χ0v) is 13.3. The number of anilines is 2. The summed E-state index contributed by atoms with van der Waals surface area (Å²) in [6, 6.07) is 1.93. The van der Waals surface area contributed by atoms with Crippen LogP contribution in [0.1, 0.15) is 29.9 Å². The third-order valence-electron chi connectivity index (χ3n) is 3.33. The Morgan fingerprint density at radius 3 is 2.89 bits per heavy atom. The number of nitrogens with two attached hydrogens (primary N) is 1. The fraction of sp³-hybridized carbons (Fsp3) is 0.615. The van der Waals surface area contributed by atoms with Crippen molar-refractivity contribution in [1.82, 2.24) is 5.32 Å². The molecule has 0 saturated carbocycles. The van der Waals surface area contributed by atoms with Crippen LogP contribution in [0.15, 0.2) is 6.07 Å². The van der Waals surface area contributed by atoms with E-state index < -0.39 is 0 Å². The maximum absolute atomic E-state index is 11.7. The summed E-state index contributed by atoms with van der Waals surface area (Å²) >= 11 is 3.50. The van der Waals surface area contributed by atoms with Gasteiger partial charge in [-0.1, -0.05) is 13.8 Å². The first-order valence-electron chi connectivity index (χ1n) is 6.43. The standard InChI is InChI=1S/C13H21N3OS2/c1-13(2)4-5-16(6-7-18-13)10-8-9(14)11(19-10)12(17)15-3/h8H,4-7,14H2,1-3H3,(H,15,17). The first-order chi connectivity index (χ1) is 8.93. The van der Waals surface area contributed by atoms with E-state index in [1.165, 1.54) is 11.3 Å². The van der Waals surface area contributed by atoms with Gasteiger partial charge in [0.1, 0.15) is 4.88 Å². The van der Waals surface area contributed by atoms with Crippen molar-refractivity contribution >= 4 is 39.7 Å². The van der Waals surface area contributed by atoms with Gasteiger partial charge in [0, 0.05) is 30.6 Å². The minimum absolute atomic E-state index is 0.0988. The highest BCUT2D eigenvalue weighted by Crippen LogP contribution is 2.36. The van der Waals surface area contributed by atoms with E-state index in [0.717, 1.165) is 30.3 Å². The molecule has 2 rings (SSSR count). The molecule has 1 aliphatic heterocycles. The summed E-state index contributed by atoms with van der Waals surface area (Å²) < 4.78 is 0.335. The predicted octanol–water partition coefficient (Wildman–Crippen LogP) is 2.41. The van der Waals surface area contributed by atoms with Gasteiger partial charge in [-0.05, 0) is 12.5 Å². The topological polar surface area (TPSA) is 58.4 Å². The lowest BCUT2D eigenvalue weighted by Gasteiger charge is -2.22. The van der Waals surface area contributed by atoms with Crippen molar-refractivity contribution in [3.8, 4) is 0 Å². The molecule has 0 spiro atoms. The van der Waals surface area contributed by atoms with Crippen LogP contribution in [0, 0.1) is 0 Å². The molecule has 0 radical (unpaired) electrons. The van der Waals surface area contributed by atoms with Gasteiger partial charge >= 0.3 is 0 Å². The number of rotatable bonds is 2. The highest BCUT2D eigenvalue weighted by atomic mass is 32.2. The molecule has 0 aliphatic carbocycles. The maximum Gasteiger partial charge on any atom is 0.263 e. The predicted molar refractivity (Wildman–Crippen MR) is 85.5 cm³/mol.